The van der Waals surface area contributed by atoms with Crippen LogP contribution in [0, 0.1) is 20.8 Å². The predicted octanol–water partition coefficient (Wildman–Crippen LogP) is 4.66. The first-order valence-electron chi connectivity index (χ1n) is 7.94. The number of hydrogen-bond donors (Lipinski definition) is 1. The van der Waals surface area contributed by atoms with E-state index in [9.17, 15) is 9.59 Å². The molecule has 25 heavy (non-hydrogen) atoms. The number of benzene rings is 2. The maximum Gasteiger partial charge on any atom is 0.256 e. The van der Waals surface area contributed by atoms with Crippen LogP contribution < -0.4 is 10.2 Å². The number of rotatable bonds is 3. The molecule has 1 N–H and O–H groups in total. The van der Waals surface area contributed by atoms with Gasteiger partial charge in [-0.05, 0) is 50.1 Å². The molecule has 1 aliphatic rings. The van der Waals surface area contributed by atoms with Gasteiger partial charge in [0.1, 0.15) is 6.04 Å². The van der Waals surface area contributed by atoms with E-state index in [1.807, 2.05) is 32.9 Å². The molecule has 1 unspecified atom stereocenters. The van der Waals surface area contributed by atoms with E-state index < -0.39 is 6.04 Å². The largest absolute Gasteiger partial charge is 0.373 e. The van der Waals surface area contributed by atoms with Gasteiger partial charge in [0.05, 0.1) is 22.2 Å². The van der Waals surface area contributed by atoms with Crippen molar-refractivity contribution in [1.82, 2.24) is 0 Å². The number of imide groups is 1. The molecule has 1 fully saturated rings. The van der Waals surface area contributed by atoms with Crippen molar-refractivity contribution in [2.24, 2.45) is 0 Å². The smallest absolute Gasteiger partial charge is 0.256 e. The van der Waals surface area contributed by atoms with Crippen molar-refractivity contribution in [3.8, 4) is 0 Å². The van der Waals surface area contributed by atoms with Crippen molar-refractivity contribution in [3.63, 3.8) is 0 Å². The van der Waals surface area contributed by atoms with E-state index >= 15 is 0 Å². The number of aryl methyl sites for hydroxylation is 3. The highest BCUT2D eigenvalue weighted by Gasteiger charge is 2.40. The summed E-state index contributed by atoms with van der Waals surface area (Å²) in [6, 6.07) is 8.36. The zero-order valence-electron chi connectivity index (χ0n) is 14.2. The fourth-order valence-corrected chi connectivity index (χ4v) is 3.59. The third kappa shape index (κ3) is 3.37. The average molecular weight is 377 g/mol. The van der Waals surface area contributed by atoms with Crippen LogP contribution in [0.1, 0.15) is 23.1 Å². The van der Waals surface area contributed by atoms with Gasteiger partial charge in [-0.2, -0.15) is 0 Å². The van der Waals surface area contributed by atoms with Crippen LogP contribution in [-0.4, -0.2) is 17.9 Å². The molecule has 2 amide bonds. The van der Waals surface area contributed by atoms with Gasteiger partial charge >= 0.3 is 0 Å². The highest BCUT2D eigenvalue weighted by atomic mass is 35.5. The molecule has 4 nitrogen and oxygen atoms in total. The number of carbonyl (C=O) groups is 2. The van der Waals surface area contributed by atoms with Gasteiger partial charge in [-0.25, -0.2) is 4.90 Å². The van der Waals surface area contributed by atoms with Gasteiger partial charge in [-0.3, -0.25) is 9.59 Å². The van der Waals surface area contributed by atoms with Crippen LogP contribution in [0.5, 0.6) is 0 Å². The predicted molar refractivity (Wildman–Crippen MR) is 102 cm³/mol. The van der Waals surface area contributed by atoms with Crippen molar-refractivity contribution in [1.29, 1.82) is 0 Å². The second-order valence-electron chi connectivity index (χ2n) is 6.34. The Labute approximate surface area is 156 Å². The molecule has 130 valence electrons. The molecule has 2 aromatic rings. The van der Waals surface area contributed by atoms with E-state index in [2.05, 4.69) is 5.32 Å². The van der Waals surface area contributed by atoms with Crippen molar-refractivity contribution in [2.45, 2.75) is 33.2 Å². The van der Waals surface area contributed by atoms with Gasteiger partial charge in [0, 0.05) is 5.69 Å². The van der Waals surface area contributed by atoms with Gasteiger partial charge < -0.3 is 5.32 Å². The van der Waals surface area contributed by atoms with Crippen molar-refractivity contribution >= 4 is 46.4 Å². The van der Waals surface area contributed by atoms with E-state index in [1.165, 1.54) is 4.90 Å². The second kappa shape index (κ2) is 6.70. The molecule has 3 rings (SSSR count). The van der Waals surface area contributed by atoms with Crippen LogP contribution in [0.4, 0.5) is 11.4 Å². The molecule has 6 heteroatoms. The van der Waals surface area contributed by atoms with E-state index in [-0.39, 0.29) is 18.2 Å². The van der Waals surface area contributed by atoms with Crippen LogP contribution in [0.25, 0.3) is 0 Å². The quantitative estimate of drug-likeness (QED) is 0.792. The third-order valence-electron chi connectivity index (χ3n) is 4.27. The lowest BCUT2D eigenvalue weighted by Crippen LogP contribution is -2.35. The van der Waals surface area contributed by atoms with Crippen LogP contribution in [0.3, 0.4) is 0 Å². The number of amides is 2. The summed E-state index contributed by atoms with van der Waals surface area (Å²) in [5, 5.41) is 3.92. The van der Waals surface area contributed by atoms with E-state index in [4.69, 9.17) is 23.2 Å². The number of nitrogens with zero attached hydrogens (tertiary/aromatic N) is 1. The minimum absolute atomic E-state index is 0.103. The Morgan fingerprint density at radius 3 is 2.24 bits per heavy atom. The minimum Gasteiger partial charge on any atom is -0.373 e. The van der Waals surface area contributed by atoms with Gasteiger partial charge in [0.15, 0.2) is 0 Å². The lowest BCUT2D eigenvalue weighted by Gasteiger charge is -2.21. The molecule has 0 radical (unpaired) electrons. The normalized spacial score (nSPS) is 17.3. The van der Waals surface area contributed by atoms with E-state index in [0.29, 0.717) is 21.4 Å². The second-order valence-corrected chi connectivity index (χ2v) is 7.16. The number of carbonyl (C=O) groups excluding carboxylic acids is 2. The maximum atomic E-state index is 12.8. The van der Waals surface area contributed by atoms with Crippen LogP contribution in [0.15, 0.2) is 30.3 Å². The molecule has 1 heterocycles. The number of halogens is 2. The summed E-state index contributed by atoms with van der Waals surface area (Å²) in [6.45, 7) is 5.82. The zero-order chi connectivity index (χ0) is 18.3. The Kier molecular flexibility index (Phi) is 4.76. The Balaban J connectivity index is 1.89. The molecule has 0 aromatic heterocycles. The van der Waals surface area contributed by atoms with Crippen molar-refractivity contribution in [3.05, 3.63) is 57.1 Å². The molecular formula is C19H18Cl2N2O2. The monoisotopic (exact) mass is 376 g/mol. The minimum atomic E-state index is -0.621. The molecule has 0 saturated carbocycles. The molecule has 1 aliphatic heterocycles. The number of hydrogen-bond acceptors (Lipinski definition) is 3. The first kappa shape index (κ1) is 17.8. The average Bonchev–Trinajstić information content (AvgIpc) is 2.78. The van der Waals surface area contributed by atoms with E-state index in [1.54, 1.807) is 18.2 Å². The highest BCUT2D eigenvalue weighted by Crippen LogP contribution is 2.32. The zero-order valence-corrected chi connectivity index (χ0v) is 15.7. The SMILES string of the molecule is Cc1cc(C)c(N2C(=O)CC(Nc3ccc(Cl)c(Cl)c3)C2=O)c(C)c1. The lowest BCUT2D eigenvalue weighted by atomic mass is 10.0. The fraction of sp³-hybridized carbons (Fsp3) is 0.263. The summed E-state index contributed by atoms with van der Waals surface area (Å²) in [7, 11) is 0. The fourth-order valence-electron chi connectivity index (χ4n) is 3.29. The number of nitrogens with one attached hydrogen (secondary N) is 1. The van der Waals surface area contributed by atoms with Crippen molar-refractivity contribution < 1.29 is 9.59 Å². The van der Waals surface area contributed by atoms with Gasteiger partial charge in [-0.1, -0.05) is 40.9 Å². The van der Waals surface area contributed by atoms with Crippen LogP contribution >= 0.6 is 23.2 Å². The highest BCUT2D eigenvalue weighted by molar-refractivity contribution is 6.42. The summed E-state index contributed by atoms with van der Waals surface area (Å²) in [5.74, 6) is -0.469. The Morgan fingerprint density at radius 1 is 1.00 bits per heavy atom. The van der Waals surface area contributed by atoms with Gasteiger partial charge in [0.2, 0.25) is 5.91 Å². The molecule has 0 spiro atoms. The molecule has 0 aliphatic carbocycles. The third-order valence-corrected chi connectivity index (χ3v) is 5.01. The Morgan fingerprint density at radius 2 is 1.64 bits per heavy atom. The molecule has 1 saturated heterocycles. The van der Waals surface area contributed by atoms with Gasteiger partial charge in [-0.15, -0.1) is 0 Å². The standard InChI is InChI=1S/C19H18Cl2N2O2/c1-10-6-11(2)18(12(3)7-10)23-17(24)9-16(19(23)25)22-13-4-5-14(20)15(21)8-13/h4-8,16,22H,9H2,1-3H3. The topological polar surface area (TPSA) is 49.4 Å². The molecule has 2 aromatic carbocycles. The summed E-state index contributed by atoms with van der Waals surface area (Å²) in [4.78, 5) is 26.7. The molecule has 0 bridgehead atoms. The summed E-state index contributed by atoms with van der Waals surface area (Å²) in [6.07, 6.45) is 0.103. The van der Waals surface area contributed by atoms with Crippen LogP contribution in [0.2, 0.25) is 10.0 Å². The number of anilines is 2. The van der Waals surface area contributed by atoms with E-state index in [0.717, 1.165) is 16.7 Å². The summed E-state index contributed by atoms with van der Waals surface area (Å²) in [5.41, 5.74) is 4.26. The van der Waals surface area contributed by atoms with Crippen LogP contribution in [-0.2, 0) is 9.59 Å². The molecular weight excluding hydrogens is 359 g/mol. The first-order chi connectivity index (χ1) is 11.8. The lowest BCUT2D eigenvalue weighted by molar-refractivity contribution is -0.121. The first-order valence-corrected chi connectivity index (χ1v) is 8.69. The van der Waals surface area contributed by atoms with Gasteiger partial charge in [0.25, 0.3) is 5.91 Å². The molecule has 1 atom stereocenters. The summed E-state index contributed by atoms with van der Waals surface area (Å²) >= 11 is 11.9. The maximum absolute atomic E-state index is 12.8. The van der Waals surface area contributed by atoms with Crippen molar-refractivity contribution in [2.75, 3.05) is 10.2 Å². The Bertz CT molecular complexity index is 857. The Hall–Kier alpha value is -2.04. The summed E-state index contributed by atoms with van der Waals surface area (Å²) < 4.78 is 0.